The first-order valence-electron chi connectivity index (χ1n) is 10.0. The highest BCUT2D eigenvalue weighted by molar-refractivity contribution is 7.99. The number of nitrogens with zero attached hydrogens (tertiary/aromatic N) is 4. The van der Waals surface area contributed by atoms with Gasteiger partial charge < -0.3 is 4.74 Å². The molecule has 0 amide bonds. The van der Waals surface area contributed by atoms with Crippen LogP contribution in [0.3, 0.4) is 0 Å². The molecule has 0 spiro atoms. The Bertz CT molecular complexity index is 1010. The number of benzene rings is 2. The van der Waals surface area contributed by atoms with E-state index in [-0.39, 0.29) is 17.3 Å². The highest BCUT2D eigenvalue weighted by Crippen LogP contribution is 2.25. The van der Waals surface area contributed by atoms with Crippen LogP contribution in [-0.2, 0) is 6.54 Å². The fourth-order valence-electron chi connectivity index (χ4n) is 3.51. The molecule has 1 aliphatic rings. The number of Topliss-reactive ketones (excluding diaryl/α,β-unsaturated/α-hetero) is 1. The van der Waals surface area contributed by atoms with Crippen LogP contribution in [-0.4, -0.2) is 50.9 Å². The molecule has 4 rings (SSSR count). The van der Waals surface area contributed by atoms with Crippen molar-refractivity contribution in [3.05, 3.63) is 66.0 Å². The number of hydrogen-bond donors (Lipinski definition) is 0. The van der Waals surface area contributed by atoms with Crippen molar-refractivity contribution in [2.45, 2.75) is 31.2 Å². The van der Waals surface area contributed by atoms with Gasteiger partial charge in [-0.05, 0) is 62.3 Å². The third-order valence-corrected chi connectivity index (χ3v) is 5.94. The predicted octanol–water partition coefficient (Wildman–Crippen LogP) is 4.44. The number of aromatic nitrogens is 3. The van der Waals surface area contributed by atoms with E-state index in [1.165, 1.54) is 48.9 Å². The molecule has 31 heavy (non-hydrogen) atoms. The molecule has 0 radical (unpaired) electrons. The van der Waals surface area contributed by atoms with Gasteiger partial charge in [0.2, 0.25) is 0 Å². The lowest BCUT2D eigenvalue weighted by Crippen LogP contribution is -2.21. The van der Waals surface area contributed by atoms with Crippen molar-refractivity contribution in [2.24, 2.45) is 0 Å². The van der Waals surface area contributed by atoms with Crippen molar-refractivity contribution in [1.82, 2.24) is 19.7 Å². The zero-order valence-corrected chi connectivity index (χ0v) is 17.6. The molecule has 2 heterocycles. The summed E-state index contributed by atoms with van der Waals surface area (Å²) in [4.78, 5) is 15.0. The average Bonchev–Trinajstić information content (AvgIpc) is 3.43. The number of para-hydroxylation sites is 1. The summed E-state index contributed by atoms with van der Waals surface area (Å²) in [7, 11) is 0. The maximum Gasteiger partial charge on any atom is 0.387 e. The van der Waals surface area contributed by atoms with Gasteiger partial charge in [-0.1, -0.05) is 30.0 Å². The van der Waals surface area contributed by atoms with Crippen LogP contribution in [0.15, 0.2) is 59.8 Å². The van der Waals surface area contributed by atoms with Crippen molar-refractivity contribution in [1.29, 1.82) is 0 Å². The first kappa shape index (κ1) is 21.5. The Balaban J connectivity index is 1.48. The molecule has 2 aromatic carbocycles. The molecular weight excluding hydrogens is 422 g/mol. The van der Waals surface area contributed by atoms with Crippen LogP contribution in [0.4, 0.5) is 8.78 Å². The molecule has 0 bridgehead atoms. The number of rotatable bonds is 9. The molecule has 0 N–H and O–H groups in total. The highest BCUT2D eigenvalue weighted by atomic mass is 32.2. The molecule has 1 aliphatic heterocycles. The second-order valence-corrected chi connectivity index (χ2v) is 8.11. The topological polar surface area (TPSA) is 60.2 Å². The monoisotopic (exact) mass is 444 g/mol. The Labute approximate surface area is 183 Å². The van der Waals surface area contributed by atoms with Gasteiger partial charge in [0.05, 0.1) is 12.3 Å². The molecular formula is C22H22F2N4O2S. The summed E-state index contributed by atoms with van der Waals surface area (Å²) in [5.74, 6) is 0.896. The Kier molecular flexibility index (Phi) is 6.93. The zero-order valence-electron chi connectivity index (χ0n) is 16.8. The first-order valence-corrected chi connectivity index (χ1v) is 11.0. The third-order valence-electron chi connectivity index (χ3n) is 5.01. The van der Waals surface area contributed by atoms with E-state index < -0.39 is 6.61 Å². The van der Waals surface area contributed by atoms with Gasteiger partial charge in [-0.2, -0.15) is 8.78 Å². The number of halogens is 2. The first-order chi connectivity index (χ1) is 15.1. The maximum atomic E-state index is 12.6. The lowest BCUT2D eigenvalue weighted by molar-refractivity contribution is -0.0498. The normalized spacial score (nSPS) is 14.3. The highest BCUT2D eigenvalue weighted by Gasteiger charge is 2.20. The van der Waals surface area contributed by atoms with Crippen molar-refractivity contribution in [3.8, 4) is 11.4 Å². The van der Waals surface area contributed by atoms with E-state index in [4.69, 9.17) is 0 Å². The molecule has 1 aromatic heterocycles. The van der Waals surface area contributed by atoms with E-state index in [0.717, 1.165) is 24.6 Å². The van der Waals surface area contributed by atoms with Crippen LogP contribution in [0.25, 0.3) is 5.69 Å². The SMILES string of the molecule is O=C(CSc1nnc(CN2CCCC2)n1-c1ccccc1)c1ccc(OC(F)F)cc1. The third kappa shape index (κ3) is 5.48. The van der Waals surface area contributed by atoms with Gasteiger partial charge in [0.25, 0.3) is 0 Å². The number of hydrogen-bond acceptors (Lipinski definition) is 6. The molecule has 6 nitrogen and oxygen atoms in total. The minimum atomic E-state index is -2.89. The van der Waals surface area contributed by atoms with E-state index in [0.29, 0.717) is 17.3 Å². The Morgan fingerprint density at radius 3 is 2.42 bits per heavy atom. The number of thioether (sulfide) groups is 1. The second-order valence-electron chi connectivity index (χ2n) is 7.17. The van der Waals surface area contributed by atoms with Gasteiger partial charge in [0.15, 0.2) is 16.8 Å². The van der Waals surface area contributed by atoms with Crippen molar-refractivity contribution >= 4 is 17.5 Å². The van der Waals surface area contributed by atoms with Crippen LogP contribution in [0.5, 0.6) is 5.75 Å². The quantitative estimate of drug-likeness (QED) is 0.359. The minimum absolute atomic E-state index is 0.0228. The van der Waals surface area contributed by atoms with Crippen molar-refractivity contribution < 1.29 is 18.3 Å². The molecule has 9 heteroatoms. The summed E-state index contributed by atoms with van der Waals surface area (Å²) in [5, 5.41) is 9.38. The van der Waals surface area contributed by atoms with E-state index in [1.807, 2.05) is 34.9 Å². The fraction of sp³-hybridized carbons (Fsp3) is 0.318. The van der Waals surface area contributed by atoms with Crippen LogP contribution >= 0.6 is 11.8 Å². The summed E-state index contributed by atoms with van der Waals surface area (Å²) < 4.78 is 30.9. The van der Waals surface area contributed by atoms with Gasteiger partial charge in [0.1, 0.15) is 5.75 Å². The Morgan fingerprint density at radius 2 is 1.74 bits per heavy atom. The predicted molar refractivity (Wildman–Crippen MR) is 114 cm³/mol. The van der Waals surface area contributed by atoms with Crippen LogP contribution in [0.2, 0.25) is 0 Å². The molecule has 0 aliphatic carbocycles. The summed E-state index contributed by atoms with van der Waals surface area (Å²) >= 11 is 1.31. The van der Waals surface area contributed by atoms with Gasteiger partial charge in [-0.25, -0.2) is 0 Å². The Morgan fingerprint density at radius 1 is 1.03 bits per heavy atom. The number of ether oxygens (including phenoxy) is 1. The standard InChI is InChI=1S/C22H22F2N4O2S/c23-21(24)30-18-10-8-16(9-11-18)19(29)15-31-22-26-25-20(14-27-12-4-5-13-27)28(22)17-6-2-1-3-7-17/h1-3,6-11,21H,4-5,12-15H2. The Hall–Kier alpha value is -2.78. The number of alkyl halides is 2. The van der Waals surface area contributed by atoms with E-state index in [9.17, 15) is 13.6 Å². The van der Waals surface area contributed by atoms with Crippen molar-refractivity contribution in [2.75, 3.05) is 18.8 Å². The average molecular weight is 445 g/mol. The number of carbonyl (C=O) groups is 1. The van der Waals surface area contributed by atoms with E-state index >= 15 is 0 Å². The van der Waals surface area contributed by atoms with Gasteiger partial charge in [-0.15, -0.1) is 10.2 Å². The molecule has 0 saturated carbocycles. The van der Waals surface area contributed by atoms with Crippen LogP contribution in [0.1, 0.15) is 29.0 Å². The van der Waals surface area contributed by atoms with Gasteiger partial charge in [0, 0.05) is 11.3 Å². The molecule has 0 unspecified atom stereocenters. The fourth-order valence-corrected chi connectivity index (χ4v) is 4.37. The molecule has 1 saturated heterocycles. The molecule has 162 valence electrons. The molecule has 0 atom stereocenters. The number of likely N-dealkylation sites (tertiary alicyclic amines) is 1. The number of carbonyl (C=O) groups excluding carboxylic acids is 1. The molecule has 3 aromatic rings. The summed E-state index contributed by atoms with van der Waals surface area (Å²) in [5.41, 5.74) is 1.38. The minimum Gasteiger partial charge on any atom is -0.435 e. The smallest absolute Gasteiger partial charge is 0.387 e. The van der Waals surface area contributed by atoms with Crippen LogP contribution < -0.4 is 4.74 Å². The zero-order chi connectivity index (χ0) is 21.6. The van der Waals surface area contributed by atoms with Gasteiger partial charge in [-0.3, -0.25) is 14.3 Å². The van der Waals surface area contributed by atoms with E-state index in [1.54, 1.807) is 0 Å². The summed E-state index contributed by atoms with van der Waals surface area (Å²) in [6.07, 6.45) is 2.38. The number of ketones is 1. The van der Waals surface area contributed by atoms with E-state index in [2.05, 4.69) is 19.8 Å². The molecule has 1 fully saturated rings. The van der Waals surface area contributed by atoms with Gasteiger partial charge >= 0.3 is 6.61 Å². The summed E-state index contributed by atoms with van der Waals surface area (Å²) in [6.45, 7) is -0.0831. The second kappa shape index (κ2) is 10.0. The van der Waals surface area contributed by atoms with Crippen LogP contribution in [0, 0.1) is 0 Å². The lowest BCUT2D eigenvalue weighted by Gasteiger charge is -2.15. The summed E-state index contributed by atoms with van der Waals surface area (Å²) in [6, 6.07) is 15.5. The van der Waals surface area contributed by atoms with Crippen molar-refractivity contribution in [3.63, 3.8) is 0 Å². The maximum absolute atomic E-state index is 12.6. The largest absolute Gasteiger partial charge is 0.435 e. The lowest BCUT2D eigenvalue weighted by atomic mass is 10.1.